The van der Waals surface area contributed by atoms with Crippen molar-refractivity contribution in [1.82, 2.24) is 10.2 Å². The molecular formula is C25H26N2O6. The van der Waals surface area contributed by atoms with Crippen LogP contribution in [0.5, 0.6) is 0 Å². The van der Waals surface area contributed by atoms with Crippen molar-refractivity contribution in [2.45, 2.75) is 24.8 Å². The molecule has 2 fully saturated rings. The monoisotopic (exact) mass is 450 g/mol. The number of aliphatic hydroxyl groups is 1. The number of likely N-dealkylation sites (tertiary alicyclic amines) is 1. The molecule has 8 heteroatoms. The van der Waals surface area contributed by atoms with Gasteiger partial charge in [-0.1, -0.05) is 48.5 Å². The highest BCUT2D eigenvalue weighted by atomic mass is 16.5. The predicted molar refractivity (Wildman–Crippen MR) is 118 cm³/mol. The van der Waals surface area contributed by atoms with Gasteiger partial charge < -0.3 is 25.2 Å². The number of aliphatic hydroxyl groups excluding tert-OH is 1. The number of nitrogens with zero attached hydrogens (tertiary/aromatic N) is 1. The molecule has 8 nitrogen and oxygen atoms in total. The predicted octanol–water partition coefficient (Wildman–Crippen LogP) is 2.21. The number of rotatable bonds is 7. The van der Waals surface area contributed by atoms with Gasteiger partial charge in [0, 0.05) is 24.4 Å². The van der Waals surface area contributed by atoms with Gasteiger partial charge in [-0.25, -0.2) is 4.79 Å². The highest BCUT2D eigenvalue weighted by Crippen LogP contribution is 2.57. The standard InChI is InChI=1S/C25H26N2O6/c28-14-25-10-15(25)11-27(13-25)23(31)21(9-22(29)30)26-24(32)33-12-20-18-7-3-1-5-16(18)17-6-2-4-8-19(17)20/h1-8,15,20-21,28H,9-14H2,(H,26,32)(H,29,30). The number of piperidine rings is 1. The summed E-state index contributed by atoms with van der Waals surface area (Å²) in [5.74, 6) is -1.53. The summed E-state index contributed by atoms with van der Waals surface area (Å²) >= 11 is 0. The first-order valence-corrected chi connectivity index (χ1v) is 11.1. The van der Waals surface area contributed by atoms with Crippen LogP contribution in [0, 0.1) is 11.3 Å². The number of ether oxygens (including phenoxy) is 1. The number of nitrogens with one attached hydrogen (secondary N) is 1. The Hall–Kier alpha value is -3.39. The first-order chi connectivity index (χ1) is 15.9. The lowest BCUT2D eigenvalue weighted by atomic mass is 9.98. The van der Waals surface area contributed by atoms with E-state index >= 15 is 0 Å². The average Bonchev–Trinajstić information content (AvgIpc) is 3.22. The Morgan fingerprint density at radius 3 is 2.30 bits per heavy atom. The SMILES string of the molecule is O=C(O)CC(NC(=O)OCC1c2ccccc2-c2ccccc21)C(=O)N1CC2CC2(CO)C1. The lowest BCUT2D eigenvalue weighted by Crippen LogP contribution is -2.50. The summed E-state index contributed by atoms with van der Waals surface area (Å²) in [4.78, 5) is 38.4. The van der Waals surface area contributed by atoms with E-state index in [0.717, 1.165) is 28.7 Å². The summed E-state index contributed by atoms with van der Waals surface area (Å²) in [6.07, 6.45) is -0.481. The van der Waals surface area contributed by atoms with E-state index < -0.39 is 30.4 Å². The Labute approximate surface area is 191 Å². The highest BCUT2D eigenvalue weighted by Gasteiger charge is 2.60. The fraction of sp³-hybridized carbons (Fsp3) is 0.400. The number of hydrogen-bond acceptors (Lipinski definition) is 5. The number of carbonyl (C=O) groups excluding carboxylic acids is 2. The Balaban J connectivity index is 1.25. The van der Waals surface area contributed by atoms with Crippen molar-refractivity contribution in [3.05, 3.63) is 59.7 Å². The third kappa shape index (κ3) is 3.84. The van der Waals surface area contributed by atoms with Gasteiger partial charge in [-0.3, -0.25) is 9.59 Å². The minimum absolute atomic E-state index is 0.00481. The average molecular weight is 450 g/mol. The van der Waals surface area contributed by atoms with E-state index in [1.54, 1.807) is 4.90 Å². The van der Waals surface area contributed by atoms with Crippen LogP contribution in [0.15, 0.2) is 48.5 Å². The molecular weight excluding hydrogens is 424 g/mol. The molecule has 2 aliphatic carbocycles. The van der Waals surface area contributed by atoms with Crippen LogP contribution in [0.1, 0.15) is 29.9 Å². The number of carboxylic acids is 1. The molecule has 0 bridgehead atoms. The van der Waals surface area contributed by atoms with Crippen molar-refractivity contribution >= 4 is 18.0 Å². The number of carboxylic acid groups (broad SMARTS) is 1. The molecule has 172 valence electrons. The Bertz CT molecular complexity index is 1070. The van der Waals surface area contributed by atoms with Crippen molar-refractivity contribution in [2.24, 2.45) is 11.3 Å². The maximum atomic E-state index is 12.9. The van der Waals surface area contributed by atoms with Crippen molar-refractivity contribution in [2.75, 3.05) is 26.3 Å². The van der Waals surface area contributed by atoms with Gasteiger partial charge in [0.05, 0.1) is 13.0 Å². The van der Waals surface area contributed by atoms with Gasteiger partial charge in [0.2, 0.25) is 5.91 Å². The van der Waals surface area contributed by atoms with Crippen molar-refractivity contribution in [1.29, 1.82) is 0 Å². The van der Waals surface area contributed by atoms with E-state index in [4.69, 9.17) is 4.74 Å². The lowest BCUT2D eigenvalue weighted by molar-refractivity contribution is -0.142. The van der Waals surface area contributed by atoms with Gasteiger partial charge in [-0.05, 0) is 34.6 Å². The maximum absolute atomic E-state index is 12.9. The molecule has 3 atom stereocenters. The van der Waals surface area contributed by atoms with Crippen LogP contribution >= 0.6 is 0 Å². The zero-order valence-corrected chi connectivity index (χ0v) is 18.1. The van der Waals surface area contributed by atoms with Crippen LogP contribution in [-0.4, -0.2) is 65.4 Å². The number of fused-ring (bicyclic) bond motifs is 4. The van der Waals surface area contributed by atoms with Crippen molar-refractivity contribution in [3.63, 3.8) is 0 Å². The molecule has 1 saturated carbocycles. The molecule has 1 saturated heterocycles. The van der Waals surface area contributed by atoms with Crippen LogP contribution in [0.3, 0.4) is 0 Å². The quantitative estimate of drug-likeness (QED) is 0.596. The van der Waals surface area contributed by atoms with Gasteiger partial charge >= 0.3 is 12.1 Å². The van der Waals surface area contributed by atoms with E-state index in [1.807, 2.05) is 48.5 Å². The van der Waals surface area contributed by atoms with Crippen molar-refractivity contribution < 1.29 is 29.3 Å². The van der Waals surface area contributed by atoms with Crippen LogP contribution in [-0.2, 0) is 14.3 Å². The zero-order chi connectivity index (χ0) is 23.2. The van der Waals surface area contributed by atoms with E-state index in [0.29, 0.717) is 13.1 Å². The number of carbonyl (C=O) groups is 3. The van der Waals surface area contributed by atoms with Crippen LogP contribution in [0.4, 0.5) is 4.79 Å². The van der Waals surface area contributed by atoms with E-state index in [1.165, 1.54) is 0 Å². The smallest absolute Gasteiger partial charge is 0.407 e. The Morgan fingerprint density at radius 2 is 1.73 bits per heavy atom. The topological polar surface area (TPSA) is 116 Å². The second-order valence-corrected chi connectivity index (χ2v) is 9.26. The molecule has 3 unspecified atom stereocenters. The lowest BCUT2D eigenvalue weighted by Gasteiger charge is -2.25. The molecule has 3 aliphatic rings. The van der Waals surface area contributed by atoms with Crippen LogP contribution < -0.4 is 5.32 Å². The first kappa shape index (κ1) is 21.5. The molecule has 2 aromatic rings. The molecule has 33 heavy (non-hydrogen) atoms. The molecule has 0 radical (unpaired) electrons. The largest absolute Gasteiger partial charge is 0.481 e. The fourth-order valence-corrected chi connectivity index (χ4v) is 5.38. The normalized spacial score (nSPS) is 23.3. The van der Waals surface area contributed by atoms with Gasteiger partial charge in [-0.2, -0.15) is 0 Å². The molecule has 2 aromatic carbocycles. The Kier molecular flexibility index (Phi) is 5.32. The minimum atomic E-state index is -1.22. The summed E-state index contributed by atoms with van der Waals surface area (Å²) in [5.41, 5.74) is 4.08. The Morgan fingerprint density at radius 1 is 1.09 bits per heavy atom. The molecule has 5 rings (SSSR count). The minimum Gasteiger partial charge on any atom is -0.481 e. The summed E-state index contributed by atoms with van der Waals surface area (Å²) in [6, 6.07) is 14.7. The first-order valence-electron chi connectivity index (χ1n) is 11.1. The van der Waals surface area contributed by atoms with Crippen molar-refractivity contribution in [3.8, 4) is 11.1 Å². The zero-order valence-electron chi connectivity index (χ0n) is 18.1. The molecule has 3 N–H and O–H groups in total. The van der Waals surface area contributed by atoms with Gasteiger partial charge in [0.1, 0.15) is 12.6 Å². The maximum Gasteiger partial charge on any atom is 0.407 e. The molecule has 0 spiro atoms. The number of alkyl carbamates (subject to hydrolysis) is 1. The van der Waals surface area contributed by atoms with E-state index in [2.05, 4.69) is 5.32 Å². The number of benzene rings is 2. The molecule has 2 amide bonds. The fourth-order valence-electron chi connectivity index (χ4n) is 5.38. The van der Waals surface area contributed by atoms with Gasteiger partial charge in [0.25, 0.3) is 0 Å². The van der Waals surface area contributed by atoms with E-state index in [9.17, 15) is 24.6 Å². The molecule has 0 aromatic heterocycles. The highest BCUT2D eigenvalue weighted by molar-refractivity contribution is 5.89. The molecule has 1 heterocycles. The summed E-state index contributed by atoms with van der Waals surface area (Å²) in [7, 11) is 0. The second-order valence-electron chi connectivity index (χ2n) is 9.26. The number of amides is 2. The third-order valence-corrected chi connectivity index (χ3v) is 7.24. The van der Waals surface area contributed by atoms with Gasteiger partial charge in [0.15, 0.2) is 0 Å². The van der Waals surface area contributed by atoms with Crippen LogP contribution in [0.25, 0.3) is 11.1 Å². The third-order valence-electron chi connectivity index (χ3n) is 7.24. The molecule has 1 aliphatic heterocycles. The summed E-state index contributed by atoms with van der Waals surface area (Å²) in [6.45, 7) is 0.940. The number of aliphatic carboxylic acids is 1. The van der Waals surface area contributed by atoms with Crippen LogP contribution in [0.2, 0.25) is 0 Å². The number of hydrogen-bond donors (Lipinski definition) is 3. The summed E-state index contributed by atoms with van der Waals surface area (Å²) in [5, 5.41) is 21.3. The summed E-state index contributed by atoms with van der Waals surface area (Å²) < 4.78 is 5.48. The van der Waals surface area contributed by atoms with Gasteiger partial charge in [-0.15, -0.1) is 0 Å². The second kappa shape index (κ2) is 8.19. The van der Waals surface area contributed by atoms with E-state index in [-0.39, 0.29) is 30.5 Å².